The molecule has 7 heteroatoms. The summed E-state index contributed by atoms with van der Waals surface area (Å²) >= 11 is 0. The van der Waals surface area contributed by atoms with Gasteiger partial charge in [-0.2, -0.15) is 0 Å². The van der Waals surface area contributed by atoms with Gasteiger partial charge in [0, 0.05) is 50.3 Å². The number of rotatable bonds is 6. The van der Waals surface area contributed by atoms with Gasteiger partial charge in [0.25, 0.3) is 0 Å². The number of amides is 2. The second-order valence-electron chi connectivity index (χ2n) is 5.73. The van der Waals surface area contributed by atoms with E-state index in [2.05, 4.69) is 10.6 Å². The van der Waals surface area contributed by atoms with Crippen molar-refractivity contribution in [3.63, 3.8) is 0 Å². The number of hydrogen-bond acceptors (Lipinski definition) is 3. The summed E-state index contributed by atoms with van der Waals surface area (Å²) in [5.41, 5.74) is 3.34. The predicted octanol–water partition coefficient (Wildman–Crippen LogP) is 2.65. The number of carbonyl (C=O) groups excluding carboxylic acids is 1. The molecule has 0 bridgehead atoms. The zero-order chi connectivity index (χ0) is 17.9. The molecule has 0 radical (unpaired) electrons. The van der Waals surface area contributed by atoms with E-state index >= 15 is 0 Å². The first kappa shape index (κ1) is 17.8. The summed E-state index contributed by atoms with van der Waals surface area (Å²) in [5, 5.41) is 15.3. The third kappa shape index (κ3) is 3.68. The molecular weight excluding hydrogens is 310 g/mol. The number of ether oxygens (including phenoxy) is 1. The second kappa shape index (κ2) is 7.35. The van der Waals surface area contributed by atoms with Crippen LogP contribution in [0.25, 0.3) is 10.9 Å². The van der Waals surface area contributed by atoms with Gasteiger partial charge in [-0.1, -0.05) is 0 Å². The van der Waals surface area contributed by atoms with Gasteiger partial charge < -0.3 is 19.7 Å². The van der Waals surface area contributed by atoms with Crippen LogP contribution in [0.15, 0.2) is 18.3 Å². The summed E-state index contributed by atoms with van der Waals surface area (Å²) in [5.74, 6) is -0.0750. The van der Waals surface area contributed by atoms with Crippen molar-refractivity contribution in [3.05, 3.63) is 29.5 Å². The number of carboxylic acid groups (broad SMARTS) is 1. The Morgan fingerprint density at radius 3 is 2.67 bits per heavy atom. The molecule has 1 heterocycles. The van der Waals surface area contributed by atoms with Crippen LogP contribution in [0, 0.1) is 0 Å². The molecule has 0 spiro atoms. The number of fused-ring (bicyclic) bond motifs is 1. The van der Waals surface area contributed by atoms with E-state index in [1.807, 2.05) is 30.8 Å². The van der Waals surface area contributed by atoms with Crippen LogP contribution in [0.1, 0.15) is 31.1 Å². The first-order valence-corrected chi connectivity index (χ1v) is 7.73. The summed E-state index contributed by atoms with van der Waals surface area (Å²) in [6.07, 6.45) is 1.26. The fourth-order valence-electron chi connectivity index (χ4n) is 2.93. The molecule has 0 saturated heterocycles. The molecule has 0 saturated carbocycles. The van der Waals surface area contributed by atoms with E-state index in [1.54, 1.807) is 13.2 Å². The molecule has 1 atom stereocenters. The summed E-state index contributed by atoms with van der Waals surface area (Å²) < 4.78 is 7.46. The van der Waals surface area contributed by atoms with Gasteiger partial charge in [-0.05, 0) is 31.0 Å². The van der Waals surface area contributed by atoms with Gasteiger partial charge in [0.1, 0.15) is 0 Å². The average Bonchev–Trinajstić information content (AvgIpc) is 2.82. The molecule has 3 N–H and O–H groups in total. The molecule has 0 aliphatic rings. The number of nitrogens with zero attached hydrogens (tertiary/aromatic N) is 1. The molecule has 0 aliphatic carbocycles. The second-order valence-corrected chi connectivity index (χ2v) is 5.73. The lowest BCUT2D eigenvalue weighted by molar-refractivity contribution is -0.118. The minimum absolute atomic E-state index is 0.0750. The molecule has 130 valence electrons. The smallest absolute Gasteiger partial charge is 0.409 e. The number of carbonyl (C=O) groups is 2. The standard InChI is InChI=1S/C17H23N3O4/c1-10(24-4)15-13(19-17(22)23)5-6-14-16(15)12(9-20(14)3)7-8-18-11(2)21/h5-6,9-10,19H,7-8H2,1-4H3,(H,18,21)(H,22,23). The van der Waals surface area contributed by atoms with E-state index in [9.17, 15) is 9.59 Å². The fraction of sp³-hybridized carbons (Fsp3) is 0.412. The molecular formula is C17H23N3O4. The quantitative estimate of drug-likeness (QED) is 0.758. The van der Waals surface area contributed by atoms with E-state index in [4.69, 9.17) is 9.84 Å². The Morgan fingerprint density at radius 2 is 2.08 bits per heavy atom. The monoisotopic (exact) mass is 333 g/mol. The number of nitrogens with one attached hydrogen (secondary N) is 2. The maximum Gasteiger partial charge on any atom is 0.409 e. The number of benzene rings is 1. The van der Waals surface area contributed by atoms with Crippen molar-refractivity contribution >= 4 is 28.6 Å². The van der Waals surface area contributed by atoms with Crippen molar-refractivity contribution in [3.8, 4) is 0 Å². The minimum Gasteiger partial charge on any atom is -0.465 e. The Hall–Kier alpha value is -2.54. The maximum absolute atomic E-state index is 11.1. The van der Waals surface area contributed by atoms with E-state index in [-0.39, 0.29) is 12.0 Å². The van der Waals surface area contributed by atoms with Gasteiger partial charge >= 0.3 is 6.09 Å². The predicted molar refractivity (Wildman–Crippen MR) is 92.4 cm³/mol. The maximum atomic E-state index is 11.1. The number of anilines is 1. The lowest BCUT2D eigenvalue weighted by Crippen LogP contribution is -2.22. The largest absolute Gasteiger partial charge is 0.465 e. The van der Waals surface area contributed by atoms with Crippen molar-refractivity contribution in [1.29, 1.82) is 0 Å². The highest BCUT2D eigenvalue weighted by molar-refractivity contribution is 5.95. The summed E-state index contributed by atoms with van der Waals surface area (Å²) in [6, 6.07) is 3.63. The SMILES string of the molecule is COC(C)c1c(NC(=O)O)ccc2c1c(CCNC(C)=O)cn2C. The highest BCUT2D eigenvalue weighted by Gasteiger charge is 2.20. The summed E-state index contributed by atoms with van der Waals surface area (Å²) in [4.78, 5) is 22.2. The highest BCUT2D eigenvalue weighted by atomic mass is 16.5. The fourth-order valence-corrected chi connectivity index (χ4v) is 2.93. The zero-order valence-electron chi connectivity index (χ0n) is 14.3. The number of aromatic nitrogens is 1. The Morgan fingerprint density at radius 1 is 1.38 bits per heavy atom. The van der Waals surface area contributed by atoms with Crippen LogP contribution in [-0.4, -0.2) is 35.3 Å². The topological polar surface area (TPSA) is 92.6 Å². The third-order valence-corrected chi connectivity index (χ3v) is 4.04. The lowest BCUT2D eigenvalue weighted by Gasteiger charge is -2.18. The third-order valence-electron chi connectivity index (χ3n) is 4.04. The van der Waals surface area contributed by atoms with Gasteiger partial charge in [-0.3, -0.25) is 10.1 Å². The molecule has 7 nitrogen and oxygen atoms in total. The molecule has 24 heavy (non-hydrogen) atoms. The van der Waals surface area contributed by atoms with Crippen LogP contribution in [0.2, 0.25) is 0 Å². The highest BCUT2D eigenvalue weighted by Crippen LogP contribution is 2.36. The number of aryl methyl sites for hydroxylation is 1. The summed E-state index contributed by atoms with van der Waals surface area (Å²) in [7, 11) is 3.53. The molecule has 2 aromatic rings. The van der Waals surface area contributed by atoms with E-state index in [0.717, 1.165) is 22.0 Å². The van der Waals surface area contributed by atoms with Crippen molar-refractivity contribution < 1.29 is 19.4 Å². The van der Waals surface area contributed by atoms with Crippen LogP contribution in [-0.2, 0) is 23.0 Å². The molecule has 1 aromatic heterocycles. The molecule has 0 aliphatic heterocycles. The lowest BCUT2D eigenvalue weighted by atomic mass is 9.98. The minimum atomic E-state index is -1.12. The Kier molecular flexibility index (Phi) is 5.46. The Bertz CT molecular complexity index is 767. The van der Waals surface area contributed by atoms with Gasteiger partial charge in [0.15, 0.2) is 0 Å². The normalized spacial score (nSPS) is 12.2. The number of hydrogen-bond donors (Lipinski definition) is 3. The molecule has 2 rings (SSSR count). The summed E-state index contributed by atoms with van der Waals surface area (Å²) in [6.45, 7) is 3.88. The molecule has 1 unspecified atom stereocenters. The van der Waals surface area contributed by atoms with Crippen molar-refractivity contribution in [2.24, 2.45) is 7.05 Å². The number of methoxy groups -OCH3 is 1. The van der Waals surface area contributed by atoms with Gasteiger partial charge in [-0.15, -0.1) is 0 Å². The van der Waals surface area contributed by atoms with Gasteiger partial charge in [0.2, 0.25) is 5.91 Å². The molecule has 0 fully saturated rings. The van der Waals surface area contributed by atoms with Crippen LogP contribution in [0.5, 0.6) is 0 Å². The first-order chi connectivity index (χ1) is 11.3. The Labute approximate surface area is 140 Å². The van der Waals surface area contributed by atoms with Crippen molar-refractivity contribution in [2.75, 3.05) is 19.0 Å². The van der Waals surface area contributed by atoms with Crippen molar-refractivity contribution in [1.82, 2.24) is 9.88 Å². The van der Waals surface area contributed by atoms with Crippen molar-refractivity contribution in [2.45, 2.75) is 26.4 Å². The average molecular weight is 333 g/mol. The van der Waals surface area contributed by atoms with Crippen LogP contribution in [0.3, 0.4) is 0 Å². The van der Waals surface area contributed by atoms with Crippen LogP contribution in [0.4, 0.5) is 10.5 Å². The first-order valence-electron chi connectivity index (χ1n) is 7.73. The molecule has 2 amide bonds. The van der Waals surface area contributed by atoms with E-state index in [0.29, 0.717) is 18.7 Å². The van der Waals surface area contributed by atoms with E-state index in [1.165, 1.54) is 6.92 Å². The van der Waals surface area contributed by atoms with Crippen LogP contribution >= 0.6 is 0 Å². The van der Waals surface area contributed by atoms with Gasteiger partial charge in [0.05, 0.1) is 11.8 Å². The Balaban J connectivity index is 2.57. The van der Waals surface area contributed by atoms with Crippen LogP contribution < -0.4 is 10.6 Å². The van der Waals surface area contributed by atoms with Gasteiger partial charge in [-0.25, -0.2) is 4.79 Å². The van der Waals surface area contributed by atoms with E-state index < -0.39 is 6.09 Å². The molecule has 1 aromatic carbocycles. The zero-order valence-corrected chi connectivity index (χ0v) is 14.3.